The molecule has 0 heterocycles. The standard InChI is InChI=1S/C17H27N3O/c1-4-19-17(16(18)21)10-9-15(12-17)20(5-2)14-8-6-7-13(3)11-14/h6-8,11,15,19H,4-5,9-10,12H2,1-3H3,(H2,18,21). The summed E-state index contributed by atoms with van der Waals surface area (Å²) in [6.45, 7) is 8.01. The van der Waals surface area contributed by atoms with E-state index in [0.717, 1.165) is 32.4 Å². The zero-order valence-corrected chi connectivity index (χ0v) is 13.4. The molecule has 0 aromatic heterocycles. The van der Waals surface area contributed by atoms with Gasteiger partial charge in [-0.3, -0.25) is 4.79 Å². The van der Waals surface area contributed by atoms with Crippen molar-refractivity contribution >= 4 is 11.6 Å². The molecule has 0 radical (unpaired) electrons. The number of rotatable bonds is 6. The van der Waals surface area contributed by atoms with Gasteiger partial charge in [0, 0.05) is 18.3 Å². The number of nitrogens with zero attached hydrogens (tertiary/aromatic N) is 1. The van der Waals surface area contributed by atoms with E-state index in [9.17, 15) is 4.79 Å². The Morgan fingerprint density at radius 2 is 2.24 bits per heavy atom. The lowest BCUT2D eigenvalue weighted by molar-refractivity contribution is -0.124. The molecule has 2 unspecified atom stereocenters. The number of likely N-dealkylation sites (N-methyl/N-ethyl adjacent to an activating group) is 1. The number of carbonyl (C=O) groups is 1. The summed E-state index contributed by atoms with van der Waals surface area (Å²) in [4.78, 5) is 14.3. The summed E-state index contributed by atoms with van der Waals surface area (Å²) in [6.07, 6.45) is 2.61. The van der Waals surface area contributed by atoms with Gasteiger partial charge in [-0.25, -0.2) is 0 Å². The molecule has 2 rings (SSSR count). The van der Waals surface area contributed by atoms with Crippen LogP contribution in [-0.4, -0.2) is 30.6 Å². The van der Waals surface area contributed by atoms with Crippen LogP contribution >= 0.6 is 0 Å². The van der Waals surface area contributed by atoms with Crippen molar-refractivity contribution in [3.8, 4) is 0 Å². The van der Waals surface area contributed by atoms with E-state index in [2.05, 4.69) is 48.3 Å². The third-order valence-electron chi connectivity index (χ3n) is 4.59. The Balaban J connectivity index is 2.19. The SMILES string of the molecule is CCNC1(C(N)=O)CCC(N(CC)c2cccc(C)c2)C1. The van der Waals surface area contributed by atoms with Crippen LogP contribution in [0.25, 0.3) is 0 Å². The number of anilines is 1. The molecule has 0 bridgehead atoms. The molecule has 3 N–H and O–H groups in total. The highest BCUT2D eigenvalue weighted by molar-refractivity contribution is 5.85. The van der Waals surface area contributed by atoms with E-state index in [1.54, 1.807) is 0 Å². The van der Waals surface area contributed by atoms with Crippen molar-refractivity contribution in [1.29, 1.82) is 0 Å². The maximum absolute atomic E-state index is 11.9. The van der Waals surface area contributed by atoms with Crippen LogP contribution in [0, 0.1) is 6.92 Å². The topological polar surface area (TPSA) is 58.4 Å². The number of benzene rings is 1. The van der Waals surface area contributed by atoms with Crippen LogP contribution < -0.4 is 16.0 Å². The van der Waals surface area contributed by atoms with E-state index in [4.69, 9.17) is 5.73 Å². The second-order valence-electron chi connectivity index (χ2n) is 6.00. The predicted octanol–water partition coefficient (Wildman–Crippen LogP) is 2.21. The fourth-order valence-electron chi connectivity index (χ4n) is 3.55. The number of nitrogens with two attached hydrogens (primary N) is 1. The normalized spacial score (nSPS) is 25.0. The molecule has 4 nitrogen and oxygen atoms in total. The van der Waals surface area contributed by atoms with Gasteiger partial charge in [-0.1, -0.05) is 19.1 Å². The highest BCUT2D eigenvalue weighted by Gasteiger charge is 2.44. The Morgan fingerprint density at radius 3 is 2.81 bits per heavy atom. The van der Waals surface area contributed by atoms with Crippen molar-refractivity contribution in [3.05, 3.63) is 29.8 Å². The molecule has 1 saturated carbocycles. The van der Waals surface area contributed by atoms with E-state index >= 15 is 0 Å². The van der Waals surface area contributed by atoms with E-state index < -0.39 is 5.54 Å². The highest BCUT2D eigenvalue weighted by atomic mass is 16.1. The van der Waals surface area contributed by atoms with Gasteiger partial charge >= 0.3 is 0 Å². The van der Waals surface area contributed by atoms with Crippen molar-refractivity contribution < 1.29 is 4.79 Å². The molecule has 1 aliphatic carbocycles. The summed E-state index contributed by atoms with van der Waals surface area (Å²) >= 11 is 0. The minimum atomic E-state index is -0.531. The average Bonchev–Trinajstić information content (AvgIpc) is 2.86. The van der Waals surface area contributed by atoms with Crippen LogP contribution in [0.4, 0.5) is 5.69 Å². The molecule has 0 saturated heterocycles. The molecule has 116 valence electrons. The van der Waals surface area contributed by atoms with Crippen molar-refractivity contribution in [3.63, 3.8) is 0 Å². The van der Waals surface area contributed by atoms with Gasteiger partial charge in [0.15, 0.2) is 0 Å². The first-order valence-corrected chi connectivity index (χ1v) is 7.90. The lowest BCUT2D eigenvalue weighted by Crippen LogP contribution is -2.54. The van der Waals surface area contributed by atoms with Crippen LogP contribution in [0.3, 0.4) is 0 Å². The predicted molar refractivity (Wildman–Crippen MR) is 87.4 cm³/mol. The third-order valence-corrected chi connectivity index (χ3v) is 4.59. The van der Waals surface area contributed by atoms with Gasteiger partial charge in [0.2, 0.25) is 5.91 Å². The summed E-state index contributed by atoms with van der Waals surface area (Å²) in [5.74, 6) is -0.216. The number of hydrogen-bond donors (Lipinski definition) is 2. The maximum Gasteiger partial charge on any atom is 0.237 e. The Morgan fingerprint density at radius 1 is 1.48 bits per heavy atom. The molecule has 1 fully saturated rings. The number of nitrogens with one attached hydrogen (secondary N) is 1. The van der Waals surface area contributed by atoms with Crippen molar-refractivity contribution in [1.82, 2.24) is 5.32 Å². The minimum absolute atomic E-state index is 0.216. The summed E-state index contributed by atoms with van der Waals surface area (Å²) in [6, 6.07) is 8.92. The van der Waals surface area contributed by atoms with E-state index in [0.29, 0.717) is 6.04 Å². The van der Waals surface area contributed by atoms with Crippen LogP contribution in [0.2, 0.25) is 0 Å². The number of hydrogen-bond acceptors (Lipinski definition) is 3. The minimum Gasteiger partial charge on any atom is -0.369 e. The molecule has 0 spiro atoms. The van der Waals surface area contributed by atoms with Crippen molar-refractivity contribution in [2.24, 2.45) is 5.73 Å². The van der Waals surface area contributed by atoms with Crippen LogP contribution in [0.1, 0.15) is 38.7 Å². The van der Waals surface area contributed by atoms with Crippen LogP contribution in [0.5, 0.6) is 0 Å². The average molecular weight is 289 g/mol. The second kappa shape index (κ2) is 6.48. The highest BCUT2D eigenvalue weighted by Crippen LogP contribution is 2.35. The van der Waals surface area contributed by atoms with E-state index in [1.807, 2.05) is 6.92 Å². The van der Waals surface area contributed by atoms with E-state index in [-0.39, 0.29) is 5.91 Å². The monoisotopic (exact) mass is 289 g/mol. The Kier molecular flexibility index (Phi) is 4.88. The lowest BCUT2D eigenvalue weighted by Gasteiger charge is -2.32. The molecule has 1 aromatic carbocycles. The second-order valence-corrected chi connectivity index (χ2v) is 6.00. The first kappa shape index (κ1) is 15.8. The van der Waals surface area contributed by atoms with Gasteiger partial charge in [-0.05, 0) is 57.4 Å². The Labute approximate surface area is 127 Å². The fraction of sp³-hybridized carbons (Fsp3) is 0.588. The summed E-state index contributed by atoms with van der Waals surface area (Å²) in [5.41, 5.74) is 7.63. The zero-order valence-electron chi connectivity index (χ0n) is 13.4. The molecule has 1 amide bonds. The quantitative estimate of drug-likeness (QED) is 0.844. The van der Waals surface area contributed by atoms with Crippen molar-refractivity contribution in [2.45, 2.75) is 51.6 Å². The molecule has 1 aromatic rings. The van der Waals surface area contributed by atoms with Gasteiger partial charge in [0.25, 0.3) is 0 Å². The Bertz CT molecular complexity index is 503. The summed E-state index contributed by atoms with van der Waals surface area (Å²) in [5, 5.41) is 3.33. The van der Waals surface area contributed by atoms with Gasteiger partial charge in [0.1, 0.15) is 0 Å². The zero-order chi connectivity index (χ0) is 15.5. The molecular weight excluding hydrogens is 262 g/mol. The van der Waals surface area contributed by atoms with Gasteiger partial charge in [0.05, 0.1) is 5.54 Å². The molecule has 2 atom stereocenters. The largest absolute Gasteiger partial charge is 0.369 e. The van der Waals surface area contributed by atoms with Gasteiger partial charge < -0.3 is 16.0 Å². The molecule has 4 heteroatoms. The van der Waals surface area contributed by atoms with E-state index in [1.165, 1.54) is 11.3 Å². The first-order valence-electron chi connectivity index (χ1n) is 7.90. The summed E-state index contributed by atoms with van der Waals surface area (Å²) in [7, 11) is 0. The number of amides is 1. The molecular formula is C17H27N3O. The number of aryl methyl sites for hydroxylation is 1. The fourth-order valence-corrected chi connectivity index (χ4v) is 3.55. The maximum atomic E-state index is 11.9. The molecule has 1 aliphatic rings. The van der Waals surface area contributed by atoms with Crippen molar-refractivity contribution in [2.75, 3.05) is 18.0 Å². The first-order chi connectivity index (χ1) is 10.0. The number of primary amides is 1. The molecule has 0 aliphatic heterocycles. The van der Waals surface area contributed by atoms with Gasteiger partial charge in [-0.15, -0.1) is 0 Å². The van der Waals surface area contributed by atoms with Crippen LogP contribution in [-0.2, 0) is 4.79 Å². The number of carbonyl (C=O) groups excluding carboxylic acids is 1. The third kappa shape index (κ3) is 3.21. The van der Waals surface area contributed by atoms with Gasteiger partial charge in [-0.2, -0.15) is 0 Å². The summed E-state index contributed by atoms with van der Waals surface area (Å²) < 4.78 is 0. The lowest BCUT2D eigenvalue weighted by atomic mass is 9.96. The smallest absolute Gasteiger partial charge is 0.237 e. The molecule has 21 heavy (non-hydrogen) atoms. The Hall–Kier alpha value is -1.55. The van der Waals surface area contributed by atoms with Crippen LogP contribution in [0.15, 0.2) is 24.3 Å².